The van der Waals surface area contributed by atoms with Crippen molar-refractivity contribution in [2.75, 3.05) is 0 Å². The van der Waals surface area contributed by atoms with Crippen molar-refractivity contribution in [1.29, 1.82) is 0 Å². The fraction of sp³-hybridized carbons (Fsp3) is 0.250. The highest BCUT2D eigenvalue weighted by Gasteiger charge is 2.20. The van der Waals surface area contributed by atoms with Gasteiger partial charge in [0.25, 0.3) is 5.91 Å². The van der Waals surface area contributed by atoms with Crippen LogP contribution in [-0.4, -0.2) is 21.6 Å². The predicted molar refractivity (Wildman–Crippen MR) is 79.0 cm³/mol. The third-order valence-electron chi connectivity index (χ3n) is 3.29. The maximum atomic E-state index is 12.3. The molecule has 0 fully saturated rings. The minimum atomic E-state index is -0.949. The molecule has 2 rings (SSSR count). The summed E-state index contributed by atoms with van der Waals surface area (Å²) in [6.45, 7) is 2.63. The molecule has 2 N–H and O–H groups in total. The van der Waals surface area contributed by atoms with Crippen molar-refractivity contribution < 1.29 is 14.7 Å². The van der Waals surface area contributed by atoms with Crippen molar-refractivity contribution in [1.82, 2.24) is 9.88 Å². The fourth-order valence-electron chi connectivity index (χ4n) is 2.24. The lowest BCUT2D eigenvalue weighted by Gasteiger charge is -2.18. The molecule has 0 aliphatic rings. The van der Waals surface area contributed by atoms with E-state index in [1.54, 1.807) is 12.1 Å². The van der Waals surface area contributed by atoms with Gasteiger partial charge in [-0.2, -0.15) is 0 Å². The Morgan fingerprint density at radius 2 is 1.90 bits per heavy atom. The maximum Gasteiger partial charge on any atom is 0.305 e. The molecule has 0 saturated carbocycles. The van der Waals surface area contributed by atoms with Gasteiger partial charge >= 0.3 is 5.97 Å². The van der Waals surface area contributed by atoms with Gasteiger partial charge in [0.15, 0.2) is 0 Å². The summed E-state index contributed by atoms with van der Waals surface area (Å²) in [5, 5.41) is 11.8. The molecule has 0 radical (unpaired) electrons. The van der Waals surface area contributed by atoms with Gasteiger partial charge in [-0.15, -0.1) is 0 Å². The van der Waals surface area contributed by atoms with E-state index in [2.05, 4.69) is 5.32 Å². The molecule has 1 atom stereocenters. The van der Waals surface area contributed by atoms with E-state index in [-0.39, 0.29) is 12.3 Å². The van der Waals surface area contributed by atoms with Gasteiger partial charge in [0.2, 0.25) is 0 Å². The molecule has 1 amide bonds. The Labute approximate surface area is 123 Å². The van der Waals surface area contributed by atoms with Gasteiger partial charge in [0.05, 0.1) is 12.5 Å². The summed E-state index contributed by atoms with van der Waals surface area (Å²) in [6.07, 6.45) is 1.67. The van der Waals surface area contributed by atoms with E-state index in [1.807, 2.05) is 48.0 Å². The zero-order valence-electron chi connectivity index (χ0n) is 11.8. The molecular formula is C16H18N2O3. The number of aromatic nitrogens is 1. The third-order valence-corrected chi connectivity index (χ3v) is 3.29. The number of benzene rings is 1. The van der Waals surface area contributed by atoms with Gasteiger partial charge in [-0.05, 0) is 24.6 Å². The highest BCUT2D eigenvalue weighted by molar-refractivity contribution is 5.93. The number of nitrogens with zero attached hydrogens (tertiary/aromatic N) is 1. The average Bonchev–Trinajstić information content (AvgIpc) is 2.95. The summed E-state index contributed by atoms with van der Waals surface area (Å²) in [5.74, 6) is -1.22. The number of hydrogen-bond donors (Lipinski definition) is 2. The van der Waals surface area contributed by atoms with Crippen molar-refractivity contribution >= 4 is 11.9 Å². The van der Waals surface area contributed by atoms with Crippen LogP contribution in [-0.2, 0) is 11.3 Å². The topological polar surface area (TPSA) is 71.3 Å². The summed E-state index contributed by atoms with van der Waals surface area (Å²) in [7, 11) is 0. The van der Waals surface area contributed by atoms with Gasteiger partial charge in [-0.3, -0.25) is 9.59 Å². The summed E-state index contributed by atoms with van der Waals surface area (Å²) < 4.78 is 1.82. The minimum absolute atomic E-state index is 0.150. The van der Waals surface area contributed by atoms with Crippen molar-refractivity contribution in [3.05, 3.63) is 59.9 Å². The van der Waals surface area contributed by atoms with Gasteiger partial charge in [-0.1, -0.05) is 30.3 Å². The molecule has 21 heavy (non-hydrogen) atoms. The molecule has 0 aliphatic heterocycles. The zero-order chi connectivity index (χ0) is 15.2. The summed E-state index contributed by atoms with van der Waals surface area (Å²) in [6, 6.07) is 12.1. The Hall–Kier alpha value is -2.56. The van der Waals surface area contributed by atoms with Gasteiger partial charge < -0.3 is 15.0 Å². The highest BCUT2D eigenvalue weighted by Crippen LogP contribution is 2.17. The second-order valence-corrected chi connectivity index (χ2v) is 4.71. The van der Waals surface area contributed by atoms with Crippen molar-refractivity contribution in [2.24, 2.45) is 0 Å². The van der Waals surface area contributed by atoms with E-state index >= 15 is 0 Å². The molecule has 110 valence electrons. The monoisotopic (exact) mass is 286 g/mol. The molecule has 0 saturated heterocycles. The number of carbonyl (C=O) groups excluding carboxylic acids is 1. The molecule has 1 aromatic heterocycles. The van der Waals surface area contributed by atoms with Crippen molar-refractivity contribution in [2.45, 2.75) is 25.9 Å². The Morgan fingerprint density at radius 1 is 1.19 bits per heavy atom. The lowest BCUT2D eigenvalue weighted by Crippen LogP contribution is -2.31. The van der Waals surface area contributed by atoms with E-state index in [0.717, 1.165) is 5.56 Å². The number of hydrogen-bond acceptors (Lipinski definition) is 2. The minimum Gasteiger partial charge on any atom is -0.481 e. The Balaban J connectivity index is 2.19. The number of carbonyl (C=O) groups is 2. The standard InChI is InChI=1S/C16H18N2O3/c1-2-18-10-6-9-14(18)16(21)17-13(11-15(19)20)12-7-4-3-5-8-12/h3-10,13H,2,11H2,1H3,(H,17,21)(H,19,20). The predicted octanol–water partition coefficient (Wildman–Crippen LogP) is 2.45. The van der Waals surface area contributed by atoms with Crippen molar-refractivity contribution in [3.8, 4) is 0 Å². The van der Waals surface area contributed by atoms with E-state index in [4.69, 9.17) is 5.11 Å². The Bertz CT molecular complexity index is 619. The van der Waals surface area contributed by atoms with Gasteiger partial charge in [0.1, 0.15) is 5.69 Å². The van der Waals surface area contributed by atoms with E-state index in [0.29, 0.717) is 12.2 Å². The summed E-state index contributed by atoms with van der Waals surface area (Å²) in [5.41, 5.74) is 1.31. The molecule has 0 bridgehead atoms. The lowest BCUT2D eigenvalue weighted by molar-refractivity contribution is -0.137. The van der Waals surface area contributed by atoms with Crippen LogP contribution in [0, 0.1) is 0 Å². The van der Waals surface area contributed by atoms with E-state index in [1.165, 1.54) is 0 Å². The van der Waals surface area contributed by atoms with Crippen LogP contribution in [0.2, 0.25) is 0 Å². The Kier molecular flexibility index (Phi) is 4.77. The van der Waals surface area contributed by atoms with Crippen LogP contribution in [0.15, 0.2) is 48.7 Å². The zero-order valence-corrected chi connectivity index (χ0v) is 11.8. The van der Waals surface area contributed by atoms with Crippen LogP contribution < -0.4 is 5.32 Å². The molecular weight excluding hydrogens is 268 g/mol. The quantitative estimate of drug-likeness (QED) is 0.857. The Morgan fingerprint density at radius 3 is 2.52 bits per heavy atom. The number of rotatable bonds is 6. The lowest BCUT2D eigenvalue weighted by atomic mass is 10.0. The first kappa shape index (κ1) is 14.8. The first-order valence-electron chi connectivity index (χ1n) is 6.84. The number of amides is 1. The van der Waals surface area contributed by atoms with Crippen LogP contribution in [0.5, 0.6) is 0 Å². The molecule has 1 aromatic carbocycles. The maximum absolute atomic E-state index is 12.3. The third kappa shape index (κ3) is 3.72. The first-order chi connectivity index (χ1) is 10.1. The van der Waals surface area contributed by atoms with Crippen molar-refractivity contribution in [3.63, 3.8) is 0 Å². The SMILES string of the molecule is CCn1cccc1C(=O)NC(CC(=O)O)c1ccccc1. The van der Waals surface area contributed by atoms with Crippen LogP contribution in [0.25, 0.3) is 0 Å². The summed E-state index contributed by atoms with van der Waals surface area (Å²) >= 11 is 0. The molecule has 0 spiro atoms. The normalized spacial score (nSPS) is 11.9. The van der Waals surface area contributed by atoms with Crippen LogP contribution in [0.1, 0.15) is 35.4 Å². The molecule has 2 aromatic rings. The van der Waals surface area contributed by atoms with E-state index in [9.17, 15) is 9.59 Å². The molecule has 5 heteroatoms. The van der Waals surface area contributed by atoms with E-state index < -0.39 is 12.0 Å². The average molecular weight is 286 g/mol. The highest BCUT2D eigenvalue weighted by atomic mass is 16.4. The molecule has 0 aliphatic carbocycles. The number of carboxylic acid groups (broad SMARTS) is 1. The number of carboxylic acids is 1. The molecule has 1 unspecified atom stereocenters. The molecule has 1 heterocycles. The van der Waals surface area contributed by atoms with Gasteiger partial charge in [-0.25, -0.2) is 0 Å². The second-order valence-electron chi connectivity index (χ2n) is 4.71. The molecule has 5 nitrogen and oxygen atoms in total. The van der Waals surface area contributed by atoms with Crippen LogP contribution in [0.3, 0.4) is 0 Å². The first-order valence-corrected chi connectivity index (χ1v) is 6.84. The second kappa shape index (κ2) is 6.74. The smallest absolute Gasteiger partial charge is 0.305 e. The largest absolute Gasteiger partial charge is 0.481 e. The van der Waals surface area contributed by atoms with Crippen LogP contribution in [0.4, 0.5) is 0 Å². The summed E-state index contributed by atoms with van der Waals surface area (Å²) in [4.78, 5) is 23.3. The number of nitrogens with one attached hydrogen (secondary N) is 1. The van der Waals surface area contributed by atoms with Gasteiger partial charge in [0, 0.05) is 12.7 Å². The number of aryl methyl sites for hydroxylation is 1. The van der Waals surface area contributed by atoms with Crippen LogP contribution >= 0.6 is 0 Å². The number of aliphatic carboxylic acids is 1. The fourth-order valence-corrected chi connectivity index (χ4v) is 2.24.